The Morgan fingerprint density at radius 2 is 1.17 bits per heavy atom. The van der Waals surface area contributed by atoms with E-state index >= 15 is 0 Å². The zero-order chi connectivity index (χ0) is 23.4. The minimum atomic E-state index is 0.466. The Hall–Kier alpha value is -4.40. The molecule has 7 aromatic rings. The Labute approximate surface area is 203 Å². The van der Waals surface area contributed by atoms with Crippen molar-refractivity contribution in [2.24, 2.45) is 5.73 Å². The molecule has 2 heteroatoms. The van der Waals surface area contributed by atoms with E-state index in [1.165, 1.54) is 38.2 Å². The Bertz CT molecular complexity index is 1880. The van der Waals surface area contributed by atoms with Crippen LogP contribution in [0.2, 0.25) is 0 Å². The van der Waals surface area contributed by atoms with Crippen LogP contribution in [0, 0.1) is 0 Å². The van der Waals surface area contributed by atoms with Gasteiger partial charge in [0.15, 0.2) is 0 Å². The minimum Gasteiger partial charge on any atom is -0.455 e. The second kappa shape index (κ2) is 7.83. The zero-order valence-electron chi connectivity index (χ0n) is 19.2. The third kappa shape index (κ3) is 3.08. The average molecular weight is 450 g/mol. The van der Waals surface area contributed by atoms with Gasteiger partial charge < -0.3 is 10.2 Å². The molecular formula is C33H23NO. The first-order chi connectivity index (χ1) is 17.3. The molecule has 0 fully saturated rings. The molecule has 0 aliphatic heterocycles. The number of rotatable bonds is 3. The molecule has 166 valence electrons. The van der Waals surface area contributed by atoms with Crippen molar-refractivity contribution >= 4 is 43.5 Å². The first-order valence-corrected chi connectivity index (χ1v) is 12.0. The summed E-state index contributed by atoms with van der Waals surface area (Å²) in [7, 11) is 0. The van der Waals surface area contributed by atoms with Crippen LogP contribution in [-0.4, -0.2) is 0 Å². The predicted molar refractivity (Wildman–Crippen MR) is 147 cm³/mol. The highest BCUT2D eigenvalue weighted by Crippen LogP contribution is 2.43. The van der Waals surface area contributed by atoms with E-state index in [0.717, 1.165) is 33.1 Å². The monoisotopic (exact) mass is 449 g/mol. The van der Waals surface area contributed by atoms with E-state index in [9.17, 15) is 0 Å². The minimum absolute atomic E-state index is 0.466. The lowest BCUT2D eigenvalue weighted by Crippen LogP contribution is -1.96. The molecule has 1 heterocycles. The van der Waals surface area contributed by atoms with Crippen LogP contribution in [-0.2, 0) is 6.54 Å². The fourth-order valence-corrected chi connectivity index (χ4v) is 5.46. The van der Waals surface area contributed by atoms with Crippen molar-refractivity contribution < 1.29 is 4.42 Å². The molecule has 0 bridgehead atoms. The van der Waals surface area contributed by atoms with Crippen molar-refractivity contribution in [2.75, 3.05) is 0 Å². The van der Waals surface area contributed by atoms with E-state index in [0.29, 0.717) is 6.54 Å². The highest BCUT2D eigenvalue weighted by molar-refractivity contribution is 6.15. The van der Waals surface area contributed by atoms with Crippen molar-refractivity contribution in [1.82, 2.24) is 0 Å². The molecule has 1 aromatic heterocycles. The van der Waals surface area contributed by atoms with Gasteiger partial charge in [-0.1, -0.05) is 97.1 Å². The first kappa shape index (κ1) is 20.0. The van der Waals surface area contributed by atoms with E-state index in [1.807, 2.05) is 12.1 Å². The van der Waals surface area contributed by atoms with Gasteiger partial charge in [-0.05, 0) is 62.0 Å². The van der Waals surface area contributed by atoms with Crippen molar-refractivity contribution in [3.63, 3.8) is 0 Å². The molecule has 2 N–H and O–H groups in total. The molecule has 0 amide bonds. The lowest BCUT2D eigenvalue weighted by molar-refractivity contribution is 0.670. The predicted octanol–water partition coefficient (Wildman–Crippen LogP) is 8.69. The quantitative estimate of drug-likeness (QED) is 0.293. The Kier molecular flexibility index (Phi) is 4.48. The normalized spacial score (nSPS) is 11.7. The molecule has 7 rings (SSSR count). The molecule has 0 saturated carbocycles. The van der Waals surface area contributed by atoms with Crippen LogP contribution < -0.4 is 5.73 Å². The lowest BCUT2D eigenvalue weighted by Gasteiger charge is -2.12. The molecule has 0 spiro atoms. The summed E-state index contributed by atoms with van der Waals surface area (Å²) in [6.45, 7) is 0.466. The van der Waals surface area contributed by atoms with E-state index in [2.05, 4.69) is 103 Å². The summed E-state index contributed by atoms with van der Waals surface area (Å²) in [6.07, 6.45) is 0. The Balaban J connectivity index is 1.65. The summed E-state index contributed by atoms with van der Waals surface area (Å²) in [5.41, 5.74) is 13.7. The van der Waals surface area contributed by atoms with Crippen LogP contribution in [0.25, 0.3) is 65.7 Å². The SMILES string of the molecule is NCc1cccc2oc3c(-c4cccc5ccccc45)cc(-c4cccc5ccccc45)cc3c12. The van der Waals surface area contributed by atoms with Crippen molar-refractivity contribution in [3.05, 3.63) is 121 Å². The zero-order valence-corrected chi connectivity index (χ0v) is 19.2. The fraction of sp³-hybridized carbons (Fsp3) is 0.0303. The molecule has 35 heavy (non-hydrogen) atoms. The van der Waals surface area contributed by atoms with Crippen LogP contribution in [0.5, 0.6) is 0 Å². The van der Waals surface area contributed by atoms with Gasteiger partial charge in [0, 0.05) is 22.9 Å². The smallest absolute Gasteiger partial charge is 0.143 e. The summed E-state index contributed by atoms with van der Waals surface area (Å²) in [4.78, 5) is 0. The molecule has 0 atom stereocenters. The maximum absolute atomic E-state index is 6.55. The number of furan rings is 1. The van der Waals surface area contributed by atoms with Gasteiger partial charge in [0.05, 0.1) is 0 Å². The largest absolute Gasteiger partial charge is 0.455 e. The standard InChI is InChI=1S/C33H23NO/c34-20-23-12-7-17-31-32(23)30-19-24(27-15-5-10-21-8-1-3-13-25(21)27)18-29(33(30)35-31)28-16-6-11-22-9-2-4-14-26(22)28/h1-19H,20,34H2. The molecule has 2 nitrogen and oxygen atoms in total. The van der Waals surface area contributed by atoms with Gasteiger partial charge >= 0.3 is 0 Å². The number of benzene rings is 6. The Morgan fingerprint density at radius 1 is 0.543 bits per heavy atom. The van der Waals surface area contributed by atoms with Gasteiger partial charge in [0.2, 0.25) is 0 Å². The van der Waals surface area contributed by atoms with Crippen molar-refractivity contribution in [2.45, 2.75) is 6.54 Å². The lowest BCUT2D eigenvalue weighted by atomic mass is 9.91. The van der Waals surface area contributed by atoms with E-state index in [4.69, 9.17) is 10.2 Å². The topological polar surface area (TPSA) is 39.2 Å². The number of hydrogen-bond acceptors (Lipinski definition) is 2. The summed E-state index contributed by atoms with van der Waals surface area (Å²) in [5.74, 6) is 0. The number of nitrogens with two attached hydrogens (primary N) is 1. The summed E-state index contributed by atoms with van der Waals surface area (Å²) < 4.78 is 6.55. The van der Waals surface area contributed by atoms with Crippen LogP contribution in [0.3, 0.4) is 0 Å². The molecule has 0 aliphatic rings. The molecule has 0 radical (unpaired) electrons. The average Bonchev–Trinajstić information content (AvgIpc) is 3.31. The molecule has 0 saturated heterocycles. The maximum atomic E-state index is 6.55. The van der Waals surface area contributed by atoms with Crippen LogP contribution in [0.1, 0.15) is 5.56 Å². The third-order valence-corrected chi connectivity index (χ3v) is 7.08. The maximum Gasteiger partial charge on any atom is 0.143 e. The summed E-state index contributed by atoms with van der Waals surface area (Å²) >= 11 is 0. The highest BCUT2D eigenvalue weighted by atomic mass is 16.3. The second-order valence-corrected chi connectivity index (χ2v) is 9.05. The number of fused-ring (bicyclic) bond motifs is 5. The molecule has 0 unspecified atom stereocenters. The highest BCUT2D eigenvalue weighted by Gasteiger charge is 2.18. The van der Waals surface area contributed by atoms with E-state index in [1.54, 1.807) is 0 Å². The fourth-order valence-electron chi connectivity index (χ4n) is 5.46. The van der Waals surface area contributed by atoms with Crippen molar-refractivity contribution in [3.8, 4) is 22.3 Å². The Morgan fingerprint density at radius 3 is 1.91 bits per heavy atom. The first-order valence-electron chi connectivity index (χ1n) is 12.0. The van der Waals surface area contributed by atoms with Gasteiger partial charge in [0.25, 0.3) is 0 Å². The van der Waals surface area contributed by atoms with Gasteiger partial charge in [0.1, 0.15) is 11.2 Å². The second-order valence-electron chi connectivity index (χ2n) is 9.05. The van der Waals surface area contributed by atoms with Crippen LogP contribution >= 0.6 is 0 Å². The molecular weight excluding hydrogens is 426 g/mol. The van der Waals surface area contributed by atoms with E-state index < -0.39 is 0 Å². The summed E-state index contributed by atoms with van der Waals surface area (Å²) in [5, 5.41) is 7.11. The van der Waals surface area contributed by atoms with Gasteiger partial charge in [-0.25, -0.2) is 0 Å². The van der Waals surface area contributed by atoms with Crippen molar-refractivity contribution in [1.29, 1.82) is 0 Å². The van der Waals surface area contributed by atoms with Gasteiger partial charge in [-0.3, -0.25) is 0 Å². The summed E-state index contributed by atoms with van der Waals surface area (Å²) in [6, 6.07) is 40.8. The van der Waals surface area contributed by atoms with Crippen LogP contribution in [0.15, 0.2) is 120 Å². The third-order valence-electron chi connectivity index (χ3n) is 7.08. The molecule has 6 aromatic carbocycles. The number of hydrogen-bond donors (Lipinski definition) is 1. The van der Waals surface area contributed by atoms with Gasteiger partial charge in [-0.15, -0.1) is 0 Å². The molecule has 0 aliphatic carbocycles. The van der Waals surface area contributed by atoms with E-state index in [-0.39, 0.29) is 0 Å². The van der Waals surface area contributed by atoms with Crippen LogP contribution in [0.4, 0.5) is 0 Å². The van der Waals surface area contributed by atoms with Gasteiger partial charge in [-0.2, -0.15) is 0 Å².